The van der Waals surface area contributed by atoms with Gasteiger partial charge in [-0.15, -0.1) is 0 Å². The Morgan fingerprint density at radius 3 is 2.59 bits per heavy atom. The molecule has 0 N–H and O–H groups in total. The van der Waals surface area contributed by atoms with Crippen LogP contribution in [-0.2, 0) is 9.53 Å². The zero-order valence-electron chi connectivity index (χ0n) is 11.7. The molecule has 1 atom stereocenters. The van der Waals surface area contributed by atoms with Crippen molar-refractivity contribution >= 4 is 23.3 Å². The molecule has 1 aromatic carbocycles. The van der Waals surface area contributed by atoms with Crippen LogP contribution in [0.4, 0.5) is 5.69 Å². The summed E-state index contributed by atoms with van der Waals surface area (Å²) in [5.41, 5.74) is 0.257. The van der Waals surface area contributed by atoms with E-state index in [0.717, 1.165) is 0 Å². The summed E-state index contributed by atoms with van der Waals surface area (Å²) in [5.74, 6) is -1.60. The number of carbonyl (C=O) groups is 1. The maximum absolute atomic E-state index is 12.3. The first-order valence-corrected chi connectivity index (χ1v) is 6.94. The molecule has 2 aromatic rings. The minimum atomic E-state index is -1.000. The van der Waals surface area contributed by atoms with E-state index in [4.69, 9.17) is 16.3 Å². The van der Waals surface area contributed by atoms with Gasteiger partial charge in [-0.05, 0) is 18.6 Å². The molecular weight excluding hydrogens is 308 g/mol. The van der Waals surface area contributed by atoms with E-state index in [1.54, 1.807) is 37.3 Å². The summed E-state index contributed by atoms with van der Waals surface area (Å²) in [4.78, 5) is 26.9. The van der Waals surface area contributed by atoms with Gasteiger partial charge in [0.25, 0.3) is 5.69 Å². The lowest BCUT2D eigenvalue weighted by Gasteiger charge is -2.15. The van der Waals surface area contributed by atoms with E-state index in [0.29, 0.717) is 5.56 Å². The molecule has 0 spiro atoms. The molecule has 0 bridgehead atoms. The first kappa shape index (κ1) is 15.9. The summed E-state index contributed by atoms with van der Waals surface area (Å²) in [6.45, 7) is 1.83. The van der Waals surface area contributed by atoms with E-state index in [-0.39, 0.29) is 23.1 Å². The Morgan fingerprint density at radius 1 is 1.32 bits per heavy atom. The van der Waals surface area contributed by atoms with E-state index in [9.17, 15) is 14.9 Å². The molecule has 6 nitrogen and oxygen atoms in total. The number of nitro groups is 1. The van der Waals surface area contributed by atoms with Crippen LogP contribution < -0.4 is 0 Å². The summed E-state index contributed by atoms with van der Waals surface area (Å²) in [5, 5.41) is 11.3. The quantitative estimate of drug-likeness (QED) is 0.365. The third kappa shape index (κ3) is 3.40. The van der Waals surface area contributed by atoms with Crippen LogP contribution in [0.3, 0.4) is 0 Å². The van der Waals surface area contributed by atoms with Gasteiger partial charge in [-0.1, -0.05) is 41.9 Å². The standard InChI is InChI=1S/C15H13ClN2O4/c1-2-22-15(19)13(10-6-4-3-5-7-10)14-11(18(20)21)8-9-12(16)17-14/h3-9,13H,2H2,1H3. The third-order valence-corrected chi connectivity index (χ3v) is 3.20. The smallest absolute Gasteiger partial charge is 0.319 e. The second-order valence-corrected chi connectivity index (χ2v) is 4.78. The van der Waals surface area contributed by atoms with Crippen molar-refractivity contribution in [3.8, 4) is 0 Å². The molecule has 22 heavy (non-hydrogen) atoms. The molecule has 1 unspecified atom stereocenters. The predicted octanol–water partition coefficient (Wildman–Crippen LogP) is 3.34. The highest BCUT2D eigenvalue weighted by Gasteiger charge is 2.32. The number of hydrogen-bond donors (Lipinski definition) is 0. The fourth-order valence-electron chi connectivity index (χ4n) is 2.09. The van der Waals surface area contributed by atoms with Crippen molar-refractivity contribution in [2.24, 2.45) is 0 Å². The highest BCUT2D eigenvalue weighted by molar-refractivity contribution is 6.29. The minimum Gasteiger partial charge on any atom is -0.465 e. The van der Waals surface area contributed by atoms with Gasteiger partial charge in [-0.3, -0.25) is 14.9 Å². The molecule has 0 amide bonds. The summed E-state index contributed by atoms with van der Waals surface area (Å²) < 4.78 is 5.04. The van der Waals surface area contributed by atoms with Crippen molar-refractivity contribution in [2.75, 3.05) is 6.61 Å². The van der Waals surface area contributed by atoms with Crippen molar-refractivity contribution in [1.82, 2.24) is 4.98 Å². The monoisotopic (exact) mass is 320 g/mol. The second-order valence-electron chi connectivity index (χ2n) is 4.39. The van der Waals surface area contributed by atoms with Crippen molar-refractivity contribution in [1.29, 1.82) is 0 Å². The van der Waals surface area contributed by atoms with Crippen LogP contribution in [0.5, 0.6) is 0 Å². The van der Waals surface area contributed by atoms with E-state index >= 15 is 0 Å². The van der Waals surface area contributed by atoms with Crippen molar-refractivity contribution in [3.05, 3.63) is 69.0 Å². The van der Waals surface area contributed by atoms with Crippen LogP contribution in [0.25, 0.3) is 0 Å². The largest absolute Gasteiger partial charge is 0.465 e. The second kappa shape index (κ2) is 7.00. The maximum atomic E-state index is 12.3. The number of pyridine rings is 1. The molecule has 114 valence electrons. The van der Waals surface area contributed by atoms with Crippen molar-refractivity contribution in [2.45, 2.75) is 12.8 Å². The molecule has 0 saturated heterocycles. The van der Waals surface area contributed by atoms with Crippen molar-refractivity contribution in [3.63, 3.8) is 0 Å². The number of aromatic nitrogens is 1. The highest BCUT2D eigenvalue weighted by Crippen LogP contribution is 2.32. The van der Waals surface area contributed by atoms with Gasteiger partial charge in [0.15, 0.2) is 0 Å². The van der Waals surface area contributed by atoms with Crippen LogP contribution >= 0.6 is 11.6 Å². The molecule has 0 aliphatic rings. The van der Waals surface area contributed by atoms with E-state index < -0.39 is 16.8 Å². The topological polar surface area (TPSA) is 82.3 Å². The van der Waals surface area contributed by atoms with Crippen LogP contribution in [0.1, 0.15) is 24.1 Å². The number of nitrogens with zero attached hydrogens (tertiary/aromatic N) is 2. The number of hydrogen-bond acceptors (Lipinski definition) is 5. The van der Waals surface area contributed by atoms with Gasteiger partial charge in [0.05, 0.1) is 11.5 Å². The minimum absolute atomic E-state index is 0.0258. The van der Waals surface area contributed by atoms with Gasteiger partial charge < -0.3 is 4.74 Å². The van der Waals surface area contributed by atoms with Gasteiger partial charge in [0, 0.05) is 6.07 Å². The Hall–Kier alpha value is -2.47. The Kier molecular flexibility index (Phi) is 5.06. The molecule has 0 radical (unpaired) electrons. The number of carbonyl (C=O) groups excluding carboxylic acids is 1. The molecule has 0 aliphatic carbocycles. The average molecular weight is 321 g/mol. The first-order valence-electron chi connectivity index (χ1n) is 6.57. The van der Waals surface area contributed by atoms with Crippen LogP contribution in [0.15, 0.2) is 42.5 Å². The third-order valence-electron chi connectivity index (χ3n) is 2.99. The van der Waals surface area contributed by atoms with Crippen LogP contribution in [0, 0.1) is 10.1 Å². The lowest BCUT2D eigenvalue weighted by atomic mass is 9.94. The fourth-order valence-corrected chi connectivity index (χ4v) is 2.24. The van der Waals surface area contributed by atoms with Gasteiger partial charge in [-0.25, -0.2) is 4.98 Å². The molecule has 0 fully saturated rings. The Balaban J connectivity index is 2.62. The number of benzene rings is 1. The summed E-state index contributed by atoms with van der Waals surface area (Å²) in [7, 11) is 0. The molecule has 0 saturated carbocycles. The highest BCUT2D eigenvalue weighted by atomic mass is 35.5. The van der Waals surface area contributed by atoms with Gasteiger partial charge in [-0.2, -0.15) is 0 Å². The van der Waals surface area contributed by atoms with Crippen molar-refractivity contribution < 1.29 is 14.5 Å². The van der Waals surface area contributed by atoms with E-state index in [1.807, 2.05) is 0 Å². The average Bonchev–Trinajstić information content (AvgIpc) is 2.48. The maximum Gasteiger partial charge on any atom is 0.319 e. The zero-order chi connectivity index (χ0) is 16.1. The fraction of sp³-hybridized carbons (Fsp3) is 0.200. The van der Waals surface area contributed by atoms with Crippen LogP contribution in [0.2, 0.25) is 5.15 Å². The number of ether oxygens (including phenoxy) is 1. The Morgan fingerprint density at radius 2 is 2.00 bits per heavy atom. The molecule has 7 heteroatoms. The Labute approximate surface area is 131 Å². The summed E-state index contributed by atoms with van der Waals surface area (Å²) in [6.07, 6.45) is 0. The molecular formula is C15H13ClN2O4. The van der Waals surface area contributed by atoms with Gasteiger partial charge in [0.2, 0.25) is 0 Å². The number of rotatable bonds is 5. The first-order chi connectivity index (χ1) is 10.5. The molecule has 1 heterocycles. The molecule has 0 aliphatic heterocycles. The normalized spacial score (nSPS) is 11.7. The lowest BCUT2D eigenvalue weighted by Crippen LogP contribution is -2.19. The van der Waals surface area contributed by atoms with Crippen LogP contribution in [-0.4, -0.2) is 22.5 Å². The predicted molar refractivity (Wildman–Crippen MR) is 80.8 cm³/mol. The Bertz CT molecular complexity index is 691. The summed E-state index contributed by atoms with van der Waals surface area (Å²) >= 11 is 5.85. The number of esters is 1. The molecule has 2 rings (SSSR count). The SMILES string of the molecule is CCOC(=O)C(c1ccccc1)c1nc(Cl)ccc1[N+](=O)[O-]. The summed E-state index contributed by atoms with van der Waals surface area (Å²) in [6, 6.07) is 11.2. The van der Waals surface area contributed by atoms with E-state index in [1.165, 1.54) is 12.1 Å². The lowest BCUT2D eigenvalue weighted by molar-refractivity contribution is -0.386. The zero-order valence-corrected chi connectivity index (χ0v) is 12.5. The number of halogens is 1. The van der Waals surface area contributed by atoms with Gasteiger partial charge in [0.1, 0.15) is 16.8 Å². The van der Waals surface area contributed by atoms with E-state index in [2.05, 4.69) is 4.98 Å². The molecule has 1 aromatic heterocycles. The van der Waals surface area contributed by atoms with Gasteiger partial charge >= 0.3 is 5.97 Å².